The maximum Gasteiger partial charge on any atom is 0.162 e. The molecule has 5 nitrogen and oxygen atoms in total. The minimum atomic E-state index is -1.64. The number of nitrogens with zero attached hydrogens (tertiary/aromatic N) is 1. The van der Waals surface area contributed by atoms with E-state index >= 15 is 0 Å². The predicted molar refractivity (Wildman–Crippen MR) is 63.3 cm³/mol. The molecule has 1 aliphatic carbocycles. The van der Waals surface area contributed by atoms with Gasteiger partial charge in [0.2, 0.25) is 0 Å². The summed E-state index contributed by atoms with van der Waals surface area (Å²) in [5.41, 5.74) is 0.431. The van der Waals surface area contributed by atoms with Crippen molar-refractivity contribution in [2.75, 3.05) is 12.4 Å². The molecule has 1 saturated carbocycles. The van der Waals surface area contributed by atoms with Crippen LogP contribution in [0.5, 0.6) is 0 Å². The maximum atomic E-state index is 10.4. The van der Waals surface area contributed by atoms with Crippen LogP contribution in [0.3, 0.4) is 0 Å². The molecule has 1 fully saturated rings. The minimum absolute atomic E-state index is 0.166. The quantitative estimate of drug-likeness (QED) is 0.566. The molecule has 0 spiro atoms. The summed E-state index contributed by atoms with van der Waals surface area (Å²) in [7, 11) is 1.80. The lowest BCUT2D eigenvalue weighted by atomic mass is 9.79. The van der Waals surface area contributed by atoms with E-state index in [0.717, 1.165) is 5.69 Å². The standard InChI is InChI=1S/C12H18N2O3/c1-13-9-2-3-10(14-8-9)11(15)4-6-12(16,17)7-5-11/h2-3,8,13,15-17H,4-7H2,1H3. The second kappa shape index (κ2) is 4.25. The van der Waals surface area contributed by atoms with Crippen LogP contribution in [0.1, 0.15) is 31.4 Å². The van der Waals surface area contributed by atoms with Gasteiger partial charge in [-0.2, -0.15) is 0 Å². The molecule has 1 aliphatic rings. The van der Waals surface area contributed by atoms with E-state index in [1.54, 1.807) is 19.3 Å². The molecule has 0 amide bonds. The van der Waals surface area contributed by atoms with Crippen molar-refractivity contribution in [1.29, 1.82) is 0 Å². The highest BCUT2D eigenvalue weighted by molar-refractivity contribution is 5.40. The largest absolute Gasteiger partial charge is 0.387 e. The summed E-state index contributed by atoms with van der Waals surface area (Å²) in [5.74, 6) is -1.64. The first-order valence-electron chi connectivity index (χ1n) is 5.77. The smallest absolute Gasteiger partial charge is 0.162 e. The molecule has 0 saturated heterocycles. The lowest BCUT2D eigenvalue weighted by Gasteiger charge is -2.37. The average Bonchev–Trinajstić information content (AvgIpc) is 2.34. The van der Waals surface area contributed by atoms with E-state index < -0.39 is 11.4 Å². The first-order chi connectivity index (χ1) is 7.95. The van der Waals surface area contributed by atoms with E-state index in [2.05, 4.69) is 10.3 Å². The number of pyridine rings is 1. The van der Waals surface area contributed by atoms with Gasteiger partial charge in [-0.05, 0) is 25.0 Å². The summed E-state index contributed by atoms with van der Waals surface area (Å²) >= 11 is 0. The Morgan fingerprint density at radius 2 is 1.76 bits per heavy atom. The van der Waals surface area contributed by atoms with Gasteiger partial charge in [0.25, 0.3) is 0 Å². The Labute approximate surface area is 100 Å². The third kappa shape index (κ3) is 2.57. The van der Waals surface area contributed by atoms with E-state index in [-0.39, 0.29) is 12.8 Å². The van der Waals surface area contributed by atoms with Gasteiger partial charge < -0.3 is 20.6 Å². The van der Waals surface area contributed by atoms with Gasteiger partial charge in [-0.3, -0.25) is 4.98 Å². The molecule has 2 rings (SSSR count). The van der Waals surface area contributed by atoms with Crippen LogP contribution >= 0.6 is 0 Å². The number of hydrogen-bond acceptors (Lipinski definition) is 5. The number of aromatic nitrogens is 1. The topological polar surface area (TPSA) is 85.6 Å². The highest BCUT2D eigenvalue weighted by atomic mass is 16.5. The number of rotatable bonds is 2. The molecular formula is C12H18N2O3. The highest BCUT2D eigenvalue weighted by Crippen LogP contribution is 2.39. The van der Waals surface area contributed by atoms with Crippen LogP contribution in [0.4, 0.5) is 5.69 Å². The van der Waals surface area contributed by atoms with Gasteiger partial charge in [0.15, 0.2) is 5.79 Å². The third-order valence-electron chi connectivity index (χ3n) is 3.41. The van der Waals surface area contributed by atoms with Gasteiger partial charge in [0, 0.05) is 19.9 Å². The number of hydrogen-bond donors (Lipinski definition) is 4. The van der Waals surface area contributed by atoms with Crippen LogP contribution in [0.15, 0.2) is 18.3 Å². The fraction of sp³-hybridized carbons (Fsp3) is 0.583. The van der Waals surface area contributed by atoms with Gasteiger partial charge in [0.05, 0.1) is 17.6 Å². The summed E-state index contributed by atoms with van der Waals surface area (Å²) in [6, 6.07) is 3.62. The molecule has 0 atom stereocenters. The van der Waals surface area contributed by atoms with E-state index in [0.29, 0.717) is 18.5 Å². The first-order valence-corrected chi connectivity index (χ1v) is 5.77. The van der Waals surface area contributed by atoms with Crippen molar-refractivity contribution >= 4 is 5.69 Å². The lowest BCUT2D eigenvalue weighted by molar-refractivity contribution is -0.208. The molecule has 94 valence electrons. The van der Waals surface area contributed by atoms with E-state index in [1.165, 1.54) is 0 Å². The van der Waals surface area contributed by atoms with Gasteiger partial charge in [-0.25, -0.2) is 0 Å². The van der Waals surface area contributed by atoms with Crippen LogP contribution in [-0.4, -0.2) is 33.1 Å². The number of aliphatic hydroxyl groups is 3. The molecule has 0 unspecified atom stereocenters. The maximum absolute atomic E-state index is 10.4. The first kappa shape index (κ1) is 12.3. The van der Waals surface area contributed by atoms with Crippen LogP contribution in [0.2, 0.25) is 0 Å². The van der Waals surface area contributed by atoms with E-state index in [1.807, 2.05) is 6.07 Å². The Morgan fingerprint density at radius 3 is 2.24 bits per heavy atom. The molecule has 0 radical (unpaired) electrons. The number of anilines is 1. The monoisotopic (exact) mass is 238 g/mol. The van der Waals surface area contributed by atoms with Crippen molar-refractivity contribution in [3.8, 4) is 0 Å². The Hall–Kier alpha value is -1.17. The SMILES string of the molecule is CNc1ccc(C2(O)CCC(O)(O)CC2)nc1. The average molecular weight is 238 g/mol. The van der Waals surface area contributed by atoms with Crippen molar-refractivity contribution in [2.24, 2.45) is 0 Å². The summed E-state index contributed by atoms with van der Waals surface area (Å²) in [6.45, 7) is 0. The van der Waals surface area contributed by atoms with E-state index in [4.69, 9.17) is 0 Å². The molecule has 1 heterocycles. The minimum Gasteiger partial charge on any atom is -0.387 e. The van der Waals surface area contributed by atoms with E-state index in [9.17, 15) is 15.3 Å². The molecule has 1 aromatic heterocycles. The Balaban J connectivity index is 2.15. The van der Waals surface area contributed by atoms with Crippen molar-refractivity contribution in [3.63, 3.8) is 0 Å². The zero-order valence-electron chi connectivity index (χ0n) is 9.85. The third-order valence-corrected chi connectivity index (χ3v) is 3.41. The molecule has 0 bridgehead atoms. The normalized spacial score (nSPS) is 22.1. The molecular weight excluding hydrogens is 220 g/mol. The Morgan fingerprint density at radius 1 is 1.12 bits per heavy atom. The lowest BCUT2D eigenvalue weighted by Crippen LogP contribution is -2.41. The van der Waals surface area contributed by atoms with Gasteiger partial charge in [-0.15, -0.1) is 0 Å². The molecule has 0 aromatic carbocycles. The van der Waals surface area contributed by atoms with Crippen molar-refractivity contribution in [3.05, 3.63) is 24.0 Å². The van der Waals surface area contributed by atoms with Crippen LogP contribution < -0.4 is 5.32 Å². The number of nitrogens with one attached hydrogen (secondary N) is 1. The van der Waals surface area contributed by atoms with Crippen molar-refractivity contribution in [2.45, 2.75) is 37.1 Å². The molecule has 0 aliphatic heterocycles. The van der Waals surface area contributed by atoms with Crippen LogP contribution in [0.25, 0.3) is 0 Å². The van der Waals surface area contributed by atoms with Gasteiger partial charge >= 0.3 is 0 Å². The molecule has 17 heavy (non-hydrogen) atoms. The molecule has 5 heteroatoms. The predicted octanol–water partition coefficient (Wildman–Crippen LogP) is 0.566. The van der Waals surface area contributed by atoms with Crippen molar-refractivity contribution < 1.29 is 15.3 Å². The summed E-state index contributed by atoms with van der Waals surface area (Å²) < 4.78 is 0. The van der Waals surface area contributed by atoms with Gasteiger partial charge in [0.1, 0.15) is 5.60 Å². The summed E-state index contributed by atoms with van der Waals surface area (Å²) in [4.78, 5) is 4.22. The van der Waals surface area contributed by atoms with Crippen molar-refractivity contribution in [1.82, 2.24) is 4.98 Å². The highest BCUT2D eigenvalue weighted by Gasteiger charge is 2.41. The zero-order valence-corrected chi connectivity index (χ0v) is 9.85. The van der Waals surface area contributed by atoms with Crippen LogP contribution in [0, 0.1) is 0 Å². The summed E-state index contributed by atoms with van der Waals surface area (Å²) in [6.07, 6.45) is 2.61. The second-order valence-corrected chi connectivity index (χ2v) is 4.70. The fourth-order valence-electron chi connectivity index (χ4n) is 2.14. The Kier molecular flexibility index (Phi) is 3.07. The fourth-order valence-corrected chi connectivity index (χ4v) is 2.14. The zero-order chi connectivity index (χ0) is 12.5. The second-order valence-electron chi connectivity index (χ2n) is 4.70. The van der Waals surface area contributed by atoms with Crippen LogP contribution in [-0.2, 0) is 5.60 Å². The molecule has 1 aromatic rings. The molecule has 4 N–H and O–H groups in total. The Bertz CT molecular complexity index is 379. The summed E-state index contributed by atoms with van der Waals surface area (Å²) in [5, 5.41) is 32.3. The van der Waals surface area contributed by atoms with Gasteiger partial charge in [-0.1, -0.05) is 0 Å².